The first kappa shape index (κ1) is 21.8. The number of guanidine groups is 1. The third-order valence-electron chi connectivity index (χ3n) is 5.00. The summed E-state index contributed by atoms with van der Waals surface area (Å²) in [6.07, 6.45) is 4.32. The molecule has 0 radical (unpaired) electrons. The van der Waals surface area contributed by atoms with Gasteiger partial charge in [-0.2, -0.15) is 0 Å². The Kier molecular flexibility index (Phi) is 9.20. The van der Waals surface area contributed by atoms with Crippen molar-refractivity contribution in [3.63, 3.8) is 0 Å². The normalized spacial score (nSPS) is 17.9. The SMILES string of the molecule is CN=C(NCCC1=CCOCC1)N1CCN(c2ccccc2OC)CC1.I. The average molecular weight is 486 g/mol. The third-order valence-corrected chi connectivity index (χ3v) is 5.00. The molecule has 27 heavy (non-hydrogen) atoms. The number of nitrogens with one attached hydrogen (secondary N) is 1. The predicted octanol–water partition coefficient (Wildman–Crippen LogP) is 2.75. The molecule has 6 nitrogen and oxygen atoms in total. The summed E-state index contributed by atoms with van der Waals surface area (Å²) < 4.78 is 10.9. The molecule has 2 heterocycles. The van der Waals surface area contributed by atoms with Gasteiger partial charge in [0, 0.05) is 39.8 Å². The fourth-order valence-corrected chi connectivity index (χ4v) is 3.51. The number of anilines is 1. The van der Waals surface area contributed by atoms with E-state index < -0.39 is 0 Å². The van der Waals surface area contributed by atoms with Crippen LogP contribution in [-0.4, -0.2) is 71.0 Å². The minimum absolute atomic E-state index is 0. The minimum atomic E-state index is 0. The zero-order chi connectivity index (χ0) is 18.2. The first-order valence-corrected chi connectivity index (χ1v) is 9.41. The number of nitrogens with zero attached hydrogens (tertiary/aromatic N) is 3. The minimum Gasteiger partial charge on any atom is -0.495 e. The molecular formula is C20H31IN4O2. The summed E-state index contributed by atoms with van der Waals surface area (Å²) >= 11 is 0. The molecule has 1 aromatic carbocycles. The molecule has 1 N–H and O–H groups in total. The van der Waals surface area contributed by atoms with Gasteiger partial charge in [-0.25, -0.2) is 0 Å². The second-order valence-electron chi connectivity index (χ2n) is 6.56. The Hall–Kier alpha value is -1.48. The van der Waals surface area contributed by atoms with Crippen LogP contribution in [0.2, 0.25) is 0 Å². The molecule has 1 saturated heterocycles. The van der Waals surface area contributed by atoms with E-state index in [4.69, 9.17) is 9.47 Å². The Morgan fingerprint density at radius 1 is 1.22 bits per heavy atom. The van der Waals surface area contributed by atoms with Gasteiger partial charge in [-0.1, -0.05) is 23.8 Å². The molecule has 0 spiro atoms. The van der Waals surface area contributed by atoms with Crippen molar-refractivity contribution >= 4 is 35.6 Å². The summed E-state index contributed by atoms with van der Waals surface area (Å²) in [7, 11) is 3.59. The summed E-state index contributed by atoms with van der Waals surface area (Å²) in [5, 5.41) is 3.51. The van der Waals surface area contributed by atoms with Gasteiger partial charge >= 0.3 is 0 Å². The van der Waals surface area contributed by atoms with Crippen molar-refractivity contribution in [3.8, 4) is 5.75 Å². The molecule has 7 heteroatoms. The van der Waals surface area contributed by atoms with Crippen LogP contribution in [0.1, 0.15) is 12.8 Å². The van der Waals surface area contributed by atoms with E-state index in [1.54, 1.807) is 7.11 Å². The number of hydrogen-bond acceptors (Lipinski definition) is 4. The number of para-hydroxylation sites is 2. The smallest absolute Gasteiger partial charge is 0.193 e. The molecule has 0 unspecified atom stereocenters. The maximum Gasteiger partial charge on any atom is 0.193 e. The van der Waals surface area contributed by atoms with E-state index in [1.807, 2.05) is 19.2 Å². The zero-order valence-corrected chi connectivity index (χ0v) is 18.6. The van der Waals surface area contributed by atoms with Crippen LogP contribution in [0.4, 0.5) is 5.69 Å². The maximum atomic E-state index is 5.50. The van der Waals surface area contributed by atoms with Crippen LogP contribution >= 0.6 is 24.0 Å². The zero-order valence-electron chi connectivity index (χ0n) is 16.3. The maximum absolute atomic E-state index is 5.50. The van der Waals surface area contributed by atoms with Crippen LogP contribution in [0.25, 0.3) is 0 Å². The number of aliphatic imine (C=N–C) groups is 1. The molecule has 2 aliphatic rings. The Morgan fingerprint density at radius 3 is 2.67 bits per heavy atom. The standard InChI is InChI=1S/C20H30N4O2.HI/c1-21-20(22-10-7-17-8-15-26-16-9-17)24-13-11-23(12-14-24)18-5-3-4-6-19(18)25-2;/h3-6,8H,7,9-16H2,1-2H3,(H,21,22);1H. The largest absolute Gasteiger partial charge is 0.495 e. The molecule has 0 bridgehead atoms. The van der Waals surface area contributed by atoms with Crippen LogP contribution in [-0.2, 0) is 4.74 Å². The number of halogens is 1. The summed E-state index contributed by atoms with van der Waals surface area (Å²) in [5.41, 5.74) is 2.66. The van der Waals surface area contributed by atoms with Gasteiger partial charge < -0.3 is 24.6 Å². The molecule has 2 aliphatic heterocycles. The van der Waals surface area contributed by atoms with Gasteiger partial charge in [-0.05, 0) is 25.0 Å². The quantitative estimate of drug-likeness (QED) is 0.300. The van der Waals surface area contributed by atoms with E-state index in [0.29, 0.717) is 0 Å². The Morgan fingerprint density at radius 2 is 2.00 bits per heavy atom. The van der Waals surface area contributed by atoms with Crippen molar-refractivity contribution in [1.82, 2.24) is 10.2 Å². The van der Waals surface area contributed by atoms with Crippen LogP contribution in [0.15, 0.2) is 40.9 Å². The predicted molar refractivity (Wildman–Crippen MR) is 122 cm³/mol. The van der Waals surface area contributed by atoms with Crippen LogP contribution in [0.5, 0.6) is 5.75 Å². The van der Waals surface area contributed by atoms with Crippen molar-refractivity contribution in [1.29, 1.82) is 0 Å². The van der Waals surface area contributed by atoms with Crippen LogP contribution in [0.3, 0.4) is 0 Å². The third kappa shape index (κ3) is 6.00. The Labute approximate surface area is 179 Å². The van der Waals surface area contributed by atoms with Crippen LogP contribution < -0.4 is 15.0 Å². The number of benzene rings is 1. The molecule has 0 aliphatic carbocycles. The van der Waals surface area contributed by atoms with Crippen molar-refractivity contribution in [2.75, 3.05) is 65.0 Å². The number of hydrogen-bond donors (Lipinski definition) is 1. The molecule has 0 amide bonds. The summed E-state index contributed by atoms with van der Waals surface area (Å²) in [6.45, 7) is 6.36. The lowest BCUT2D eigenvalue weighted by molar-refractivity contribution is 0.153. The first-order valence-electron chi connectivity index (χ1n) is 9.41. The highest BCUT2D eigenvalue weighted by Crippen LogP contribution is 2.28. The summed E-state index contributed by atoms with van der Waals surface area (Å²) in [6, 6.07) is 8.23. The molecule has 0 atom stereocenters. The van der Waals surface area contributed by atoms with Gasteiger partial charge in [-0.3, -0.25) is 4.99 Å². The Balaban J connectivity index is 0.00000261. The monoisotopic (exact) mass is 486 g/mol. The van der Waals surface area contributed by atoms with E-state index in [-0.39, 0.29) is 24.0 Å². The lowest BCUT2D eigenvalue weighted by Gasteiger charge is -2.38. The lowest BCUT2D eigenvalue weighted by Crippen LogP contribution is -2.52. The molecule has 3 rings (SSSR count). The van der Waals surface area contributed by atoms with Crippen molar-refractivity contribution in [2.45, 2.75) is 12.8 Å². The molecule has 0 saturated carbocycles. The molecule has 1 aromatic rings. The number of rotatable bonds is 5. The first-order chi connectivity index (χ1) is 12.8. The van der Waals surface area contributed by atoms with E-state index in [9.17, 15) is 0 Å². The van der Waals surface area contributed by atoms with Gasteiger partial charge in [0.25, 0.3) is 0 Å². The number of piperazine rings is 1. The van der Waals surface area contributed by atoms with E-state index in [1.165, 1.54) is 11.3 Å². The van der Waals surface area contributed by atoms with Crippen molar-refractivity contribution in [3.05, 3.63) is 35.9 Å². The second kappa shape index (κ2) is 11.4. The molecule has 150 valence electrons. The molecule has 0 aromatic heterocycles. The number of methoxy groups -OCH3 is 1. The lowest BCUT2D eigenvalue weighted by atomic mass is 10.1. The van der Waals surface area contributed by atoms with Gasteiger partial charge in [0.15, 0.2) is 5.96 Å². The van der Waals surface area contributed by atoms with Gasteiger partial charge in [0.1, 0.15) is 5.75 Å². The Bertz CT molecular complexity index is 643. The fourth-order valence-electron chi connectivity index (χ4n) is 3.51. The van der Waals surface area contributed by atoms with Gasteiger partial charge in [0.2, 0.25) is 0 Å². The average Bonchev–Trinajstić information content (AvgIpc) is 2.72. The number of ether oxygens (including phenoxy) is 2. The van der Waals surface area contributed by atoms with Crippen LogP contribution in [0, 0.1) is 0 Å². The summed E-state index contributed by atoms with van der Waals surface area (Å²) in [5.74, 6) is 1.94. The second-order valence-corrected chi connectivity index (χ2v) is 6.56. The topological polar surface area (TPSA) is 49.3 Å². The van der Waals surface area contributed by atoms with E-state index >= 15 is 0 Å². The van der Waals surface area contributed by atoms with Crippen molar-refractivity contribution < 1.29 is 9.47 Å². The highest BCUT2D eigenvalue weighted by atomic mass is 127. The van der Waals surface area contributed by atoms with E-state index in [0.717, 1.165) is 70.5 Å². The van der Waals surface area contributed by atoms with Gasteiger partial charge in [-0.15, -0.1) is 24.0 Å². The van der Waals surface area contributed by atoms with Crippen molar-refractivity contribution in [2.24, 2.45) is 4.99 Å². The fraction of sp³-hybridized carbons (Fsp3) is 0.550. The highest BCUT2D eigenvalue weighted by Gasteiger charge is 2.21. The summed E-state index contributed by atoms with van der Waals surface area (Å²) in [4.78, 5) is 9.19. The van der Waals surface area contributed by atoms with E-state index in [2.05, 4.69) is 38.3 Å². The van der Waals surface area contributed by atoms with Gasteiger partial charge in [0.05, 0.1) is 26.0 Å². The molecule has 1 fully saturated rings. The highest BCUT2D eigenvalue weighted by molar-refractivity contribution is 14.0. The molecular weight excluding hydrogens is 455 g/mol.